The first-order valence-electron chi connectivity index (χ1n) is 5.98. The Labute approximate surface area is 123 Å². The lowest BCUT2D eigenvalue weighted by molar-refractivity contribution is -0.139. The molecule has 1 aromatic rings. The van der Waals surface area contributed by atoms with Crippen LogP contribution in [-0.4, -0.2) is 22.7 Å². The topological polar surface area (TPSA) is 58.6 Å². The number of benzene rings is 1. The number of allylic oxidation sites excluding steroid dienone is 1. The van der Waals surface area contributed by atoms with Gasteiger partial charge in [-0.2, -0.15) is 0 Å². The summed E-state index contributed by atoms with van der Waals surface area (Å²) in [4.78, 5) is 11.1. The van der Waals surface area contributed by atoms with Crippen molar-refractivity contribution in [2.24, 2.45) is 0 Å². The molecule has 20 heavy (non-hydrogen) atoms. The smallest absolute Gasteiger partial charge is 0.341 e. The highest BCUT2D eigenvalue weighted by molar-refractivity contribution is 7.80. The van der Waals surface area contributed by atoms with Crippen LogP contribution >= 0.6 is 12.2 Å². The first kappa shape index (κ1) is 15.9. The Morgan fingerprint density at radius 2 is 2.20 bits per heavy atom. The van der Waals surface area contributed by atoms with E-state index in [4.69, 9.17) is 22.1 Å². The maximum atomic E-state index is 10.5. The standard InChI is InChI=1S/C15H17NO3S/c1-10(11(2)16-12(3)20)7-13-5-4-6-14(8-13)19-9-15(17)18/h4-8H,2,9H2,1,3H3,(H,16,20)(H,17,18)/b10-7+. The fourth-order valence-electron chi connectivity index (χ4n) is 1.49. The molecule has 0 aliphatic rings. The lowest BCUT2D eigenvalue weighted by Crippen LogP contribution is -2.17. The van der Waals surface area contributed by atoms with Gasteiger partial charge in [0.05, 0.1) is 4.99 Å². The quantitative estimate of drug-likeness (QED) is 0.623. The van der Waals surface area contributed by atoms with Gasteiger partial charge in [-0.1, -0.05) is 30.9 Å². The number of carboxylic acids is 1. The Hall–Kier alpha value is -2.14. The monoisotopic (exact) mass is 291 g/mol. The van der Waals surface area contributed by atoms with Crippen molar-refractivity contribution >= 4 is 29.3 Å². The Kier molecular flexibility index (Phi) is 5.93. The summed E-state index contributed by atoms with van der Waals surface area (Å²) in [7, 11) is 0. The summed E-state index contributed by atoms with van der Waals surface area (Å²) in [5.41, 5.74) is 2.56. The highest BCUT2D eigenvalue weighted by Gasteiger charge is 2.01. The number of hydrogen-bond acceptors (Lipinski definition) is 3. The minimum Gasteiger partial charge on any atom is -0.482 e. The van der Waals surface area contributed by atoms with Gasteiger partial charge in [0.15, 0.2) is 6.61 Å². The van der Waals surface area contributed by atoms with E-state index in [0.717, 1.165) is 16.8 Å². The van der Waals surface area contributed by atoms with Crippen LogP contribution in [0.1, 0.15) is 19.4 Å². The maximum Gasteiger partial charge on any atom is 0.341 e. The third-order valence-electron chi connectivity index (χ3n) is 2.41. The van der Waals surface area contributed by atoms with E-state index in [0.29, 0.717) is 10.7 Å². The molecule has 0 fully saturated rings. The lowest BCUT2D eigenvalue weighted by atomic mass is 10.1. The largest absolute Gasteiger partial charge is 0.482 e. The molecule has 5 heteroatoms. The van der Waals surface area contributed by atoms with Crippen molar-refractivity contribution in [3.05, 3.63) is 47.7 Å². The highest BCUT2D eigenvalue weighted by atomic mass is 32.1. The lowest BCUT2D eigenvalue weighted by Gasteiger charge is -2.09. The molecule has 0 heterocycles. The van der Waals surface area contributed by atoms with Gasteiger partial charge in [0, 0.05) is 5.70 Å². The van der Waals surface area contributed by atoms with Crippen LogP contribution in [0.15, 0.2) is 42.1 Å². The van der Waals surface area contributed by atoms with Gasteiger partial charge in [-0.3, -0.25) is 0 Å². The predicted molar refractivity (Wildman–Crippen MR) is 83.8 cm³/mol. The van der Waals surface area contributed by atoms with E-state index in [1.807, 2.05) is 19.1 Å². The number of carboxylic acid groups (broad SMARTS) is 1. The Morgan fingerprint density at radius 3 is 2.80 bits per heavy atom. The average Bonchev–Trinajstić information content (AvgIpc) is 2.36. The van der Waals surface area contributed by atoms with Crippen LogP contribution in [0.2, 0.25) is 0 Å². The summed E-state index contributed by atoms with van der Waals surface area (Å²) in [6.45, 7) is 7.24. The van der Waals surface area contributed by atoms with E-state index >= 15 is 0 Å². The summed E-state index contributed by atoms with van der Waals surface area (Å²) in [5.74, 6) is -0.491. The molecule has 0 bridgehead atoms. The third kappa shape index (κ3) is 5.67. The molecular formula is C15H17NO3S. The van der Waals surface area contributed by atoms with Crippen LogP contribution in [0.25, 0.3) is 6.08 Å². The van der Waals surface area contributed by atoms with Crippen molar-refractivity contribution in [3.8, 4) is 5.75 Å². The van der Waals surface area contributed by atoms with Crippen molar-refractivity contribution in [1.29, 1.82) is 0 Å². The first-order valence-corrected chi connectivity index (χ1v) is 6.39. The van der Waals surface area contributed by atoms with E-state index < -0.39 is 5.97 Å². The van der Waals surface area contributed by atoms with Gasteiger partial charge in [-0.05, 0) is 43.2 Å². The summed E-state index contributed by atoms with van der Waals surface area (Å²) >= 11 is 4.96. The van der Waals surface area contributed by atoms with Gasteiger partial charge >= 0.3 is 5.97 Å². The second kappa shape index (κ2) is 7.45. The van der Waals surface area contributed by atoms with E-state index in [1.165, 1.54) is 0 Å². The Bertz CT molecular complexity index is 564. The molecule has 1 aromatic carbocycles. The molecule has 0 aliphatic carbocycles. The van der Waals surface area contributed by atoms with E-state index in [9.17, 15) is 4.79 Å². The maximum absolute atomic E-state index is 10.5. The zero-order chi connectivity index (χ0) is 15.1. The van der Waals surface area contributed by atoms with Crippen LogP contribution in [0.5, 0.6) is 5.75 Å². The molecule has 0 aromatic heterocycles. The van der Waals surface area contributed by atoms with Crippen molar-refractivity contribution in [2.45, 2.75) is 13.8 Å². The van der Waals surface area contributed by atoms with Gasteiger partial charge < -0.3 is 15.2 Å². The number of nitrogens with one attached hydrogen (secondary N) is 1. The fourth-order valence-corrected chi connectivity index (χ4v) is 1.61. The number of thiocarbonyl (C=S) groups is 1. The molecule has 0 radical (unpaired) electrons. The van der Waals surface area contributed by atoms with Crippen LogP contribution in [0, 0.1) is 0 Å². The zero-order valence-electron chi connectivity index (χ0n) is 11.5. The van der Waals surface area contributed by atoms with Crippen LogP contribution in [0.3, 0.4) is 0 Å². The molecular weight excluding hydrogens is 274 g/mol. The number of carbonyl (C=O) groups is 1. The predicted octanol–water partition coefficient (Wildman–Crippen LogP) is 3.00. The molecule has 4 nitrogen and oxygen atoms in total. The minimum absolute atomic E-state index is 0.357. The molecule has 106 valence electrons. The van der Waals surface area contributed by atoms with Gasteiger partial charge in [0.1, 0.15) is 5.75 Å². The molecule has 1 rings (SSSR count). The molecule has 0 unspecified atom stereocenters. The summed E-state index contributed by atoms with van der Waals surface area (Å²) < 4.78 is 5.13. The van der Waals surface area contributed by atoms with Crippen molar-refractivity contribution in [2.75, 3.05) is 6.61 Å². The normalized spacial score (nSPS) is 10.8. The Balaban J connectivity index is 2.81. The number of aliphatic carboxylic acids is 1. The number of ether oxygens (including phenoxy) is 1. The van der Waals surface area contributed by atoms with Crippen LogP contribution < -0.4 is 10.1 Å². The van der Waals surface area contributed by atoms with Gasteiger partial charge in [0.25, 0.3) is 0 Å². The van der Waals surface area contributed by atoms with Crippen molar-refractivity contribution in [1.82, 2.24) is 5.32 Å². The van der Waals surface area contributed by atoms with Crippen LogP contribution in [-0.2, 0) is 4.79 Å². The van der Waals surface area contributed by atoms with Gasteiger partial charge in [0.2, 0.25) is 0 Å². The molecule has 2 N–H and O–H groups in total. The zero-order valence-corrected chi connectivity index (χ0v) is 12.3. The molecule has 0 spiro atoms. The first-order chi connectivity index (χ1) is 9.38. The summed E-state index contributed by atoms with van der Waals surface area (Å²) in [6, 6.07) is 7.18. The highest BCUT2D eigenvalue weighted by Crippen LogP contribution is 2.17. The third-order valence-corrected chi connectivity index (χ3v) is 2.51. The molecule has 0 aliphatic heterocycles. The molecule has 0 saturated carbocycles. The Morgan fingerprint density at radius 1 is 1.50 bits per heavy atom. The van der Waals surface area contributed by atoms with Gasteiger partial charge in [-0.15, -0.1) is 0 Å². The molecule has 0 atom stereocenters. The second-order valence-corrected chi connectivity index (χ2v) is 4.85. The summed E-state index contributed by atoms with van der Waals surface area (Å²) in [5, 5.41) is 11.6. The minimum atomic E-state index is -1.00. The van der Waals surface area contributed by atoms with Crippen LogP contribution in [0.4, 0.5) is 0 Å². The number of hydrogen-bond donors (Lipinski definition) is 2. The van der Waals surface area contributed by atoms with Crippen molar-refractivity contribution < 1.29 is 14.6 Å². The van der Waals surface area contributed by atoms with Gasteiger partial charge in [-0.25, -0.2) is 4.79 Å². The number of rotatable bonds is 6. The van der Waals surface area contributed by atoms with E-state index in [1.54, 1.807) is 25.1 Å². The fraction of sp³-hybridized carbons (Fsp3) is 0.200. The van der Waals surface area contributed by atoms with E-state index in [2.05, 4.69) is 11.9 Å². The van der Waals surface area contributed by atoms with E-state index in [-0.39, 0.29) is 6.61 Å². The van der Waals surface area contributed by atoms with Crippen molar-refractivity contribution in [3.63, 3.8) is 0 Å². The second-order valence-electron chi connectivity index (χ2n) is 4.24. The molecule has 0 amide bonds. The summed E-state index contributed by atoms with van der Waals surface area (Å²) in [6.07, 6.45) is 1.92. The SMILES string of the molecule is C=C(NC(C)=S)/C(C)=C/c1cccc(OCC(=O)O)c1. The molecule has 0 saturated heterocycles. The average molecular weight is 291 g/mol.